The van der Waals surface area contributed by atoms with Gasteiger partial charge in [-0.25, -0.2) is 0 Å². The standard InChI is InChI=1S/C10H10Cl2N4/c1-6-14-10(16-15-6)13-5-7-2-3-8(11)9(12)4-7/h2-4H,5H2,1H3,(H2,13,14,15,16). The fourth-order valence-corrected chi connectivity index (χ4v) is 1.57. The molecule has 2 N–H and O–H groups in total. The first-order valence-electron chi connectivity index (χ1n) is 4.72. The van der Waals surface area contributed by atoms with Crippen molar-refractivity contribution in [2.45, 2.75) is 13.5 Å². The molecule has 2 rings (SSSR count). The Kier molecular flexibility index (Phi) is 3.31. The molecule has 0 radical (unpaired) electrons. The fourth-order valence-electron chi connectivity index (χ4n) is 1.25. The van der Waals surface area contributed by atoms with Crippen LogP contribution in [0.4, 0.5) is 5.95 Å². The average molecular weight is 257 g/mol. The minimum Gasteiger partial charge on any atom is -0.349 e. The number of aromatic nitrogens is 3. The summed E-state index contributed by atoms with van der Waals surface area (Å²) in [7, 11) is 0. The van der Waals surface area contributed by atoms with Crippen molar-refractivity contribution >= 4 is 29.2 Å². The Morgan fingerprint density at radius 1 is 1.31 bits per heavy atom. The highest BCUT2D eigenvalue weighted by Gasteiger charge is 2.01. The monoisotopic (exact) mass is 256 g/mol. The van der Waals surface area contributed by atoms with E-state index < -0.39 is 0 Å². The van der Waals surface area contributed by atoms with Crippen LogP contribution in [0.15, 0.2) is 18.2 Å². The quantitative estimate of drug-likeness (QED) is 0.888. The summed E-state index contributed by atoms with van der Waals surface area (Å²) in [6.07, 6.45) is 0. The molecule has 4 nitrogen and oxygen atoms in total. The lowest BCUT2D eigenvalue weighted by Crippen LogP contribution is -2.00. The van der Waals surface area contributed by atoms with Gasteiger partial charge in [0.1, 0.15) is 5.82 Å². The first kappa shape index (κ1) is 11.2. The Morgan fingerprint density at radius 3 is 2.75 bits per heavy atom. The van der Waals surface area contributed by atoms with E-state index in [1.807, 2.05) is 19.1 Å². The van der Waals surface area contributed by atoms with E-state index in [-0.39, 0.29) is 0 Å². The van der Waals surface area contributed by atoms with E-state index in [9.17, 15) is 0 Å². The summed E-state index contributed by atoms with van der Waals surface area (Å²) in [5.74, 6) is 1.35. The molecular weight excluding hydrogens is 247 g/mol. The normalized spacial score (nSPS) is 10.4. The number of halogens is 2. The highest BCUT2D eigenvalue weighted by atomic mass is 35.5. The Bertz CT molecular complexity index is 495. The number of aromatic amines is 1. The molecule has 0 fully saturated rings. The molecule has 1 heterocycles. The van der Waals surface area contributed by atoms with Gasteiger partial charge in [0.05, 0.1) is 10.0 Å². The summed E-state index contributed by atoms with van der Waals surface area (Å²) >= 11 is 11.7. The highest BCUT2D eigenvalue weighted by Crippen LogP contribution is 2.22. The third-order valence-electron chi connectivity index (χ3n) is 2.03. The molecule has 0 aliphatic carbocycles. The van der Waals surface area contributed by atoms with Gasteiger partial charge in [0.2, 0.25) is 5.95 Å². The van der Waals surface area contributed by atoms with Crippen LogP contribution >= 0.6 is 23.2 Å². The minimum absolute atomic E-state index is 0.548. The molecule has 1 aromatic heterocycles. The Morgan fingerprint density at radius 2 is 2.12 bits per heavy atom. The average Bonchev–Trinajstić information content (AvgIpc) is 2.66. The van der Waals surface area contributed by atoms with Crippen LogP contribution < -0.4 is 5.32 Å². The van der Waals surface area contributed by atoms with Crippen LogP contribution in [0.1, 0.15) is 11.4 Å². The number of rotatable bonds is 3. The Labute approximate surface area is 103 Å². The second-order valence-electron chi connectivity index (χ2n) is 3.35. The number of H-pyrrole nitrogens is 1. The number of hydrogen-bond acceptors (Lipinski definition) is 3. The van der Waals surface area contributed by atoms with Gasteiger partial charge >= 0.3 is 0 Å². The summed E-state index contributed by atoms with van der Waals surface area (Å²) in [5.41, 5.74) is 1.02. The largest absolute Gasteiger partial charge is 0.349 e. The zero-order valence-corrected chi connectivity index (χ0v) is 10.1. The number of aryl methyl sites for hydroxylation is 1. The third kappa shape index (κ3) is 2.65. The maximum absolute atomic E-state index is 5.90. The third-order valence-corrected chi connectivity index (χ3v) is 2.77. The Hall–Kier alpha value is -1.26. The molecule has 1 aromatic carbocycles. The van der Waals surface area contributed by atoms with Crippen molar-refractivity contribution in [1.29, 1.82) is 0 Å². The lowest BCUT2D eigenvalue weighted by Gasteiger charge is -2.03. The maximum Gasteiger partial charge on any atom is 0.242 e. The number of nitrogens with one attached hydrogen (secondary N) is 2. The maximum atomic E-state index is 5.90. The number of anilines is 1. The van der Waals surface area contributed by atoms with Crippen molar-refractivity contribution in [3.8, 4) is 0 Å². The molecule has 0 bridgehead atoms. The first-order valence-corrected chi connectivity index (χ1v) is 5.47. The molecule has 0 saturated heterocycles. The molecule has 0 spiro atoms. The van der Waals surface area contributed by atoms with Gasteiger partial charge in [-0.2, -0.15) is 4.98 Å². The lowest BCUT2D eigenvalue weighted by atomic mass is 10.2. The first-order chi connectivity index (χ1) is 7.65. The zero-order chi connectivity index (χ0) is 11.5. The summed E-state index contributed by atoms with van der Waals surface area (Å²) in [5, 5.41) is 10.9. The minimum atomic E-state index is 0.548. The van der Waals surface area contributed by atoms with Crippen LogP contribution in [0.25, 0.3) is 0 Å². The number of benzene rings is 1. The smallest absolute Gasteiger partial charge is 0.242 e. The van der Waals surface area contributed by atoms with Crippen LogP contribution in [0, 0.1) is 6.92 Å². The molecule has 2 aromatic rings. The molecule has 0 saturated carbocycles. The van der Waals surface area contributed by atoms with Gasteiger partial charge in [0.15, 0.2) is 0 Å². The van der Waals surface area contributed by atoms with Crippen molar-refractivity contribution in [1.82, 2.24) is 15.2 Å². The molecule has 0 aliphatic heterocycles. The van der Waals surface area contributed by atoms with Crippen molar-refractivity contribution in [3.05, 3.63) is 39.6 Å². The molecule has 16 heavy (non-hydrogen) atoms. The summed E-state index contributed by atoms with van der Waals surface area (Å²) < 4.78 is 0. The molecule has 0 amide bonds. The highest BCUT2D eigenvalue weighted by molar-refractivity contribution is 6.42. The van der Waals surface area contributed by atoms with Gasteiger partial charge in [0, 0.05) is 6.54 Å². The van der Waals surface area contributed by atoms with E-state index >= 15 is 0 Å². The summed E-state index contributed by atoms with van der Waals surface area (Å²) in [6, 6.07) is 5.49. The van der Waals surface area contributed by atoms with Crippen LogP contribution in [0.3, 0.4) is 0 Å². The predicted octanol–water partition coefficient (Wildman–Crippen LogP) is 3.03. The van der Waals surface area contributed by atoms with E-state index in [0.717, 1.165) is 11.4 Å². The number of nitrogens with zero attached hydrogens (tertiary/aromatic N) is 2. The topological polar surface area (TPSA) is 53.6 Å². The molecular formula is C10H10Cl2N4. The number of hydrogen-bond donors (Lipinski definition) is 2. The zero-order valence-electron chi connectivity index (χ0n) is 8.59. The van der Waals surface area contributed by atoms with Crippen LogP contribution in [-0.2, 0) is 6.54 Å². The molecule has 0 aliphatic rings. The second kappa shape index (κ2) is 4.72. The van der Waals surface area contributed by atoms with Gasteiger partial charge in [-0.3, -0.25) is 5.10 Å². The predicted molar refractivity (Wildman–Crippen MR) is 64.9 cm³/mol. The molecule has 0 atom stereocenters. The van der Waals surface area contributed by atoms with Gasteiger partial charge < -0.3 is 5.32 Å². The summed E-state index contributed by atoms with van der Waals surface area (Å²) in [4.78, 5) is 4.13. The van der Waals surface area contributed by atoms with Gasteiger partial charge in [-0.05, 0) is 24.6 Å². The van der Waals surface area contributed by atoms with Gasteiger partial charge in [-0.1, -0.05) is 29.3 Å². The van der Waals surface area contributed by atoms with E-state index in [1.54, 1.807) is 6.07 Å². The Balaban J connectivity index is 2.02. The van der Waals surface area contributed by atoms with Gasteiger partial charge in [0.25, 0.3) is 0 Å². The van der Waals surface area contributed by atoms with Gasteiger partial charge in [-0.15, -0.1) is 5.10 Å². The lowest BCUT2D eigenvalue weighted by molar-refractivity contribution is 1.02. The SMILES string of the molecule is Cc1nc(NCc2ccc(Cl)c(Cl)c2)n[nH]1. The van der Waals surface area contributed by atoms with Crippen molar-refractivity contribution in [2.75, 3.05) is 5.32 Å². The molecule has 0 unspecified atom stereocenters. The van der Waals surface area contributed by atoms with Crippen LogP contribution in [0.2, 0.25) is 10.0 Å². The van der Waals surface area contributed by atoms with Crippen LogP contribution in [0.5, 0.6) is 0 Å². The summed E-state index contributed by atoms with van der Waals surface area (Å²) in [6.45, 7) is 2.45. The fraction of sp³-hybridized carbons (Fsp3) is 0.200. The van der Waals surface area contributed by atoms with Crippen molar-refractivity contribution < 1.29 is 0 Å². The molecule has 6 heteroatoms. The van der Waals surface area contributed by atoms with E-state index in [1.165, 1.54) is 0 Å². The molecule has 84 valence electrons. The van der Waals surface area contributed by atoms with E-state index in [2.05, 4.69) is 20.5 Å². The second-order valence-corrected chi connectivity index (χ2v) is 4.16. The van der Waals surface area contributed by atoms with Crippen molar-refractivity contribution in [3.63, 3.8) is 0 Å². The van der Waals surface area contributed by atoms with Crippen molar-refractivity contribution in [2.24, 2.45) is 0 Å². The van der Waals surface area contributed by atoms with E-state index in [4.69, 9.17) is 23.2 Å². The van der Waals surface area contributed by atoms with Crippen LogP contribution in [-0.4, -0.2) is 15.2 Å². The van der Waals surface area contributed by atoms with E-state index in [0.29, 0.717) is 22.5 Å².